The van der Waals surface area contributed by atoms with Gasteiger partial charge in [-0.3, -0.25) is 0 Å². The van der Waals surface area contributed by atoms with Gasteiger partial charge in [0.15, 0.2) is 0 Å². The van der Waals surface area contributed by atoms with E-state index in [1.165, 1.54) is 0 Å². The van der Waals surface area contributed by atoms with Crippen LogP contribution in [0.3, 0.4) is 0 Å². The molecule has 2 heterocycles. The summed E-state index contributed by atoms with van der Waals surface area (Å²) in [5.41, 5.74) is 0. The Morgan fingerprint density at radius 1 is 1.14 bits per heavy atom. The summed E-state index contributed by atoms with van der Waals surface area (Å²) in [6, 6.07) is 3.58. The Balaban J connectivity index is 0.00000136. The van der Waals surface area contributed by atoms with Crippen LogP contribution in [0.1, 0.15) is 33.1 Å². The van der Waals surface area contributed by atoms with Crippen LogP contribution in [0.2, 0.25) is 0 Å². The van der Waals surface area contributed by atoms with E-state index in [9.17, 15) is 13.0 Å². The number of morpholine rings is 1. The molecule has 28 heavy (non-hydrogen) atoms. The normalized spacial score (nSPS) is 22.6. The van der Waals surface area contributed by atoms with Crippen molar-refractivity contribution in [1.29, 1.82) is 0 Å². The molecule has 0 bridgehead atoms. The van der Waals surface area contributed by atoms with E-state index in [4.69, 9.17) is 9.47 Å². The Labute approximate surface area is 169 Å². The van der Waals surface area contributed by atoms with Crippen molar-refractivity contribution < 1.29 is 22.5 Å². The van der Waals surface area contributed by atoms with Crippen LogP contribution >= 0.6 is 0 Å². The zero-order valence-corrected chi connectivity index (χ0v) is 17.9. The summed E-state index contributed by atoms with van der Waals surface area (Å²) >= 11 is 0. The molecule has 2 aliphatic rings. The second-order valence-corrected chi connectivity index (χ2v) is 8.33. The third-order valence-corrected chi connectivity index (χ3v) is 6.43. The predicted molar refractivity (Wildman–Crippen MR) is 107 cm³/mol. The fourth-order valence-corrected chi connectivity index (χ4v) is 4.72. The van der Waals surface area contributed by atoms with Crippen LogP contribution in [0.15, 0.2) is 23.1 Å². The van der Waals surface area contributed by atoms with E-state index >= 15 is 0 Å². The lowest BCUT2D eigenvalue weighted by molar-refractivity contribution is -0.0141. The van der Waals surface area contributed by atoms with Gasteiger partial charge in [0.2, 0.25) is 0 Å². The molecule has 1 aromatic rings. The van der Waals surface area contributed by atoms with Crippen molar-refractivity contribution in [2.45, 2.75) is 50.2 Å². The minimum Gasteiger partial charge on any atom is -0.381 e. The molecule has 2 fully saturated rings. The van der Waals surface area contributed by atoms with Crippen molar-refractivity contribution >= 4 is 11.0 Å². The van der Waals surface area contributed by atoms with Crippen LogP contribution < -0.4 is 0 Å². The van der Waals surface area contributed by atoms with Gasteiger partial charge in [0.05, 0.1) is 17.6 Å². The van der Waals surface area contributed by atoms with Crippen LogP contribution in [-0.2, 0) is 20.5 Å². The molecule has 1 aromatic carbocycles. The Morgan fingerprint density at radius 2 is 1.79 bits per heavy atom. The Kier molecular flexibility index (Phi) is 9.94. The van der Waals surface area contributed by atoms with Gasteiger partial charge in [-0.25, -0.2) is 17.3 Å². The van der Waals surface area contributed by atoms with Gasteiger partial charge in [-0.15, -0.1) is 0 Å². The van der Waals surface area contributed by atoms with Crippen molar-refractivity contribution in [2.75, 3.05) is 46.5 Å². The molecule has 160 valence electrons. The lowest BCUT2D eigenvalue weighted by Gasteiger charge is -2.35. The maximum atomic E-state index is 13.4. The van der Waals surface area contributed by atoms with Crippen molar-refractivity contribution in [3.63, 3.8) is 0 Å². The third kappa shape index (κ3) is 6.84. The number of rotatable bonds is 6. The molecule has 0 saturated carbocycles. The highest BCUT2D eigenvalue weighted by atomic mass is 32.2. The molecule has 8 heteroatoms. The van der Waals surface area contributed by atoms with Crippen LogP contribution in [0.5, 0.6) is 0 Å². The maximum absolute atomic E-state index is 13.4. The van der Waals surface area contributed by atoms with E-state index in [1.807, 2.05) is 13.8 Å². The number of benzene rings is 1. The van der Waals surface area contributed by atoms with Gasteiger partial charge in [-0.05, 0) is 38.4 Å². The van der Waals surface area contributed by atoms with E-state index in [0.29, 0.717) is 25.7 Å². The molecule has 2 atom stereocenters. The quantitative estimate of drug-likeness (QED) is 0.712. The molecule has 3 rings (SSSR count). The van der Waals surface area contributed by atoms with Gasteiger partial charge in [0, 0.05) is 45.0 Å². The Bertz CT molecular complexity index is 609. The summed E-state index contributed by atoms with van der Waals surface area (Å²) in [4.78, 5) is 2.49. The van der Waals surface area contributed by atoms with Gasteiger partial charge in [0.1, 0.15) is 22.6 Å². The zero-order chi connectivity index (χ0) is 20.5. The van der Waals surface area contributed by atoms with Gasteiger partial charge < -0.3 is 14.4 Å². The summed E-state index contributed by atoms with van der Waals surface area (Å²) in [5, 5.41) is 0. The number of hydrogen-bond acceptors (Lipinski definition) is 4. The largest absolute Gasteiger partial charge is 0.381 e. The SMILES string of the molecule is CC.CN(CC[C@H]1CN(S(=O)c2cc(F)cc(F)c2)CCO1)C1CCOCC1. The van der Waals surface area contributed by atoms with Gasteiger partial charge in [0.25, 0.3) is 0 Å². The van der Waals surface area contributed by atoms with Crippen molar-refractivity contribution in [1.82, 2.24) is 9.21 Å². The van der Waals surface area contributed by atoms with E-state index in [-0.39, 0.29) is 11.0 Å². The first-order valence-electron chi connectivity index (χ1n) is 10.1. The van der Waals surface area contributed by atoms with Gasteiger partial charge >= 0.3 is 0 Å². The second kappa shape index (κ2) is 11.9. The number of ether oxygens (including phenoxy) is 2. The summed E-state index contributed by atoms with van der Waals surface area (Å²) < 4.78 is 52.4. The smallest absolute Gasteiger partial charge is 0.127 e. The summed E-state index contributed by atoms with van der Waals surface area (Å²) in [6.07, 6.45) is 2.89. The highest BCUT2D eigenvalue weighted by molar-refractivity contribution is 7.82. The minimum atomic E-state index is -1.59. The van der Waals surface area contributed by atoms with Crippen LogP contribution in [0.25, 0.3) is 0 Å². The lowest BCUT2D eigenvalue weighted by Crippen LogP contribution is -2.45. The third-order valence-electron chi connectivity index (χ3n) is 4.99. The number of hydrogen-bond donors (Lipinski definition) is 0. The zero-order valence-electron chi connectivity index (χ0n) is 17.0. The molecular weight excluding hydrogens is 386 g/mol. The average Bonchev–Trinajstić information content (AvgIpc) is 2.73. The molecule has 5 nitrogen and oxygen atoms in total. The molecule has 2 aliphatic heterocycles. The van der Waals surface area contributed by atoms with Crippen LogP contribution in [0, 0.1) is 11.6 Å². The molecule has 0 aliphatic carbocycles. The lowest BCUT2D eigenvalue weighted by atomic mass is 10.1. The highest BCUT2D eigenvalue weighted by Crippen LogP contribution is 2.20. The Hall–Kier alpha value is -0.930. The highest BCUT2D eigenvalue weighted by Gasteiger charge is 2.27. The molecule has 0 aromatic heterocycles. The van der Waals surface area contributed by atoms with Gasteiger partial charge in [-0.1, -0.05) is 13.8 Å². The molecule has 0 N–H and O–H groups in total. The first-order valence-corrected chi connectivity index (χ1v) is 11.2. The standard InChI is InChI=1S/C18H26F2N2O3S.C2H6/c1-21(16-3-7-24-8-4-16)5-2-17-13-22(6-9-25-17)26(23)18-11-14(19)10-15(20)12-18;1-2/h10-12,16-17H,2-9,13H2,1H3;1-2H3/t17-,26?;/m0./s1. The maximum Gasteiger partial charge on any atom is 0.127 e. The molecule has 0 amide bonds. The first kappa shape index (κ1) is 23.3. The van der Waals surface area contributed by atoms with Crippen molar-refractivity contribution in [3.05, 3.63) is 29.8 Å². The topological polar surface area (TPSA) is 42.0 Å². The van der Waals surface area contributed by atoms with Crippen LogP contribution in [-0.4, -0.2) is 72.1 Å². The van der Waals surface area contributed by atoms with Gasteiger partial charge in [-0.2, -0.15) is 0 Å². The Morgan fingerprint density at radius 3 is 2.43 bits per heavy atom. The number of nitrogens with zero attached hydrogens (tertiary/aromatic N) is 2. The van der Waals surface area contributed by atoms with E-state index in [2.05, 4.69) is 11.9 Å². The van der Waals surface area contributed by atoms with E-state index in [0.717, 1.165) is 57.2 Å². The van der Waals surface area contributed by atoms with E-state index < -0.39 is 22.6 Å². The number of halogens is 2. The molecule has 0 radical (unpaired) electrons. The second-order valence-electron chi connectivity index (χ2n) is 6.85. The summed E-state index contributed by atoms with van der Waals surface area (Å²) in [6.45, 7) is 7.96. The fraction of sp³-hybridized carbons (Fsp3) is 0.700. The van der Waals surface area contributed by atoms with Crippen molar-refractivity contribution in [3.8, 4) is 0 Å². The van der Waals surface area contributed by atoms with E-state index in [1.54, 1.807) is 4.31 Å². The first-order chi connectivity index (χ1) is 13.5. The molecule has 2 saturated heterocycles. The fourth-order valence-electron chi connectivity index (χ4n) is 3.45. The van der Waals surface area contributed by atoms with Crippen LogP contribution in [0.4, 0.5) is 8.78 Å². The monoisotopic (exact) mass is 418 g/mol. The van der Waals surface area contributed by atoms with Crippen molar-refractivity contribution in [2.24, 2.45) is 0 Å². The summed E-state index contributed by atoms with van der Waals surface area (Å²) in [7, 11) is 0.529. The predicted octanol–water partition coefficient (Wildman–Crippen LogP) is 3.22. The molecule has 1 unspecified atom stereocenters. The minimum absolute atomic E-state index is 0.0339. The summed E-state index contributed by atoms with van der Waals surface area (Å²) in [5.74, 6) is -1.42. The molecule has 0 spiro atoms. The average molecular weight is 419 g/mol. The molecular formula is C20H32F2N2O3S.